The third kappa shape index (κ3) is 10.9. The summed E-state index contributed by atoms with van der Waals surface area (Å²) >= 11 is 0. The van der Waals surface area contributed by atoms with Crippen molar-refractivity contribution in [3.05, 3.63) is 215 Å². The molecule has 0 N–H and O–H groups in total. The molecule has 6 aromatic carbocycles. The van der Waals surface area contributed by atoms with E-state index in [9.17, 15) is 18.0 Å². The van der Waals surface area contributed by atoms with Gasteiger partial charge < -0.3 is 18.0 Å². The quantitative estimate of drug-likeness (QED) is 0.106. The van der Waals surface area contributed by atoms with Gasteiger partial charge in [0.1, 0.15) is 16.6 Å². The van der Waals surface area contributed by atoms with Gasteiger partial charge in [-0.3, -0.25) is 0 Å². The van der Waals surface area contributed by atoms with Crippen molar-refractivity contribution in [3.8, 4) is 67.7 Å². The Bertz CT molecular complexity index is 4080. The summed E-state index contributed by atoms with van der Waals surface area (Å²) in [6.45, 7) is 10.1. The van der Waals surface area contributed by atoms with Gasteiger partial charge in [0.15, 0.2) is 16.7 Å². The van der Waals surface area contributed by atoms with Crippen molar-refractivity contribution in [2.75, 3.05) is 7.11 Å². The van der Waals surface area contributed by atoms with E-state index in [0.717, 1.165) is 101 Å². The third-order valence-electron chi connectivity index (χ3n) is 12.7. The van der Waals surface area contributed by atoms with Crippen LogP contribution < -0.4 is 0 Å². The minimum atomic E-state index is -0.508. The number of esters is 1. The summed E-state index contributed by atoms with van der Waals surface area (Å²) in [4.78, 5) is 36.5. The molecule has 11 nitrogen and oxygen atoms in total. The summed E-state index contributed by atoms with van der Waals surface area (Å²) in [6, 6.07) is 44.0. The molecular weight excluding hydrogens is 966 g/mol. The van der Waals surface area contributed by atoms with E-state index in [4.69, 9.17) is 18.0 Å². The average Bonchev–Trinajstić information content (AvgIpc) is 4.19. The lowest BCUT2D eigenvalue weighted by atomic mass is 10.00. The number of ether oxygens (including phenoxy) is 1. The first-order valence-electron chi connectivity index (χ1n) is 24.2. The third-order valence-corrected chi connectivity index (χ3v) is 12.7. The van der Waals surface area contributed by atoms with Crippen LogP contribution >= 0.6 is 0 Å². The number of hydrogen-bond acceptors (Lipinski definition) is 11. The maximum atomic E-state index is 13.0. The minimum absolute atomic E-state index is 0.417. The molecule has 12 rings (SSSR count). The fourth-order valence-corrected chi connectivity index (χ4v) is 8.74. The maximum Gasteiger partial charge on any atom is 0.337 e. The number of aryl methyl sites for hydroxylation is 5. The molecular formula is C62H47F3N6O5. The van der Waals surface area contributed by atoms with Crippen LogP contribution in [0.15, 0.2) is 177 Å². The van der Waals surface area contributed by atoms with Crippen molar-refractivity contribution in [2.24, 2.45) is 0 Å². The predicted molar refractivity (Wildman–Crippen MR) is 288 cm³/mol. The predicted octanol–water partition coefficient (Wildman–Crippen LogP) is 15.7. The molecule has 0 aliphatic carbocycles. The van der Waals surface area contributed by atoms with Crippen molar-refractivity contribution in [1.29, 1.82) is 0 Å². The number of rotatable bonds is 8. The Morgan fingerprint density at radius 1 is 0.447 bits per heavy atom. The van der Waals surface area contributed by atoms with Crippen molar-refractivity contribution < 1.29 is 36.0 Å². The van der Waals surface area contributed by atoms with E-state index in [1.165, 1.54) is 37.1 Å². The lowest BCUT2D eigenvalue weighted by Crippen LogP contribution is -2.00. The van der Waals surface area contributed by atoms with E-state index in [2.05, 4.69) is 49.0 Å². The van der Waals surface area contributed by atoms with Gasteiger partial charge >= 0.3 is 5.97 Å². The van der Waals surface area contributed by atoms with Crippen molar-refractivity contribution >= 4 is 39.3 Å². The van der Waals surface area contributed by atoms with Crippen LogP contribution in [-0.2, 0) is 11.2 Å². The van der Waals surface area contributed by atoms with Gasteiger partial charge in [0.05, 0.1) is 12.7 Å². The van der Waals surface area contributed by atoms with Crippen LogP contribution in [0, 0.1) is 45.5 Å². The molecule has 0 amide bonds. The molecule has 0 spiro atoms. The molecule has 0 fully saturated rings. The number of carbonyl (C=O) groups excluding carboxylic acids is 1. The van der Waals surface area contributed by atoms with Crippen molar-refractivity contribution in [1.82, 2.24) is 29.9 Å². The molecule has 0 saturated heterocycles. The van der Waals surface area contributed by atoms with Gasteiger partial charge in [-0.25, -0.2) is 34.7 Å². The Labute approximate surface area is 434 Å². The van der Waals surface area contributed by atoms with Crippen LogP contribution in [0.2, 0.25) is 0 Å². The van der Waals surface area contributed by atoms with Crippen molar-refractivity contribution in [2.45, 2.75) is 41.0 Å². The van der Waals surface area contributed by atoms with E-state index in [1.807, 2.05) is 107 Å². The minimum Gasteiger partial charge on any atom is -0.465 e. The number of oxazole rings is 3. The van der Waals surface area contributed by atoms with Crippen LogP contribution in [0.5, 0.6) is 0 Å². The number of benzene rings is 6. The number of nitrogens with zero attached hydrogens (tertiary/aromatic N) is 6. The topological polar surface area (TPSA) is 143 Å². The molecule has 14 heteroatoms. The van der Waals surface area contributed by atoms with Crippen LogP contribution in [0.25, 0.3) is 101 Å². The molecule has 0 unspecified atom stereocenters. The van der Waals surface area contributed by atoms with E-state index in [0.29, 0.717) is 34.3 Å². The van der Waals surface area contributed by atoms with Crippen LogP contribution in [0.3, 0.4) is 0 Å². The molecule has 376 valence electrons. The van der Waals surface area contributed by atoms with E-state index < -0.39 is 23.8 Å². The first-order chi connectivity index (χ1) is 36.8. The standard InChI is InChI=1S/C21H15FN2O3.C21H17FN2O.C20H15FN2O/c1-12-9-13(3-6-16(12)15-5-8-19(22)23-11-15)20-24-17-10-14(21(25)26-2)4-7-18(17)27-20;1-3-14-4-8-19-18(11-14)24-21(25-19)15-5-7-17(13(2)10-15)16-6-9-20(22)23-12-16;1-12-3-7-18-17(9-12)23-20(24-18)14-4-6-16(13(2)10-14)15-5-8-19(21)22-11-15/h3-11H,1-2H3;4-12H,3H2,1-2H3;3-11H,1-2H3. The van der Waals surface area contributed by atoms with Crippen LogP contribution in [0.1, 0.15) is 45.1 Å². The zero-order chi connectivity index (χ0) is 53.0. The second kappa shape index (κ2) is 21.5. The van der Waals surface area contributed by atoms with Crippen LogP contribution in [-0.4, -0.2) is 43.0 Å². The zero-order valence-corrected chi connectivity index (χ0v) is 42.2. The van der Waals surface area contributed by atoms with Gasteiger partial charge in [0.25, 0.3) is 0 Å². The number of fused-ring (bicyclic) bond motifs is 3. The number of carbonyl (C=O) groups is 1. The number of hydrogen-bond donors (Lipinski definition) is 0. The van der Waals surface area contributed by atoms with E-state index in [1.54, 1.807) is 48.8 Å². The van der Waals surface area contributed by atoms with E-state index in [-0.39, 0.29) is 0 Å². The molecule has 6 aromatic heterocycles. The Balaban J connectivity index is 0.000000130. The Morgan fingerprint density at radius 2 is 0.829 bits per heavy atom. The number of pyridine rings is 3. The highest BCUT2D eigenvalue weighted by Gasteiger charge is 2.16. The van der Waals surface area contributed by atoms with Gasteiger partial charge in [-0.1, -0.05) is 37.3 Å². The number of aromatic nitrogens is 6. The fourth-order valence-electron chi connectivity index (χ4n) is 8.74. The number of halogens is 3. The summed E-state index contributed by atoms with van der Waals surface area (Å²) in [7, 11) is 1.34. The molecule has 12 aromatic rings. The fraction of sp³-hybridized carbons (Fsp3) is 0.113. The van der Waals surface area contributed by atoms with Gasteiger partial charge in [0, 0.05) is 52.0 Å². The molecule has 76 heavy (non-hydrogen) atoms. The lowest BCUT2D eigenvalue weighted by Gasteiger charge is -2.07. The highest BCUT2D eigenvalue weighted by atomic mass is 19.1. The van der Waals surface area contributed by atoms with Crippen LogP contribution in [0.4, 0.5) is 13.2 Å². The van der Waals surface area contributed by atoms with Crippen molar-refractivity contribution in [3.63, 3.8) is 0 Å². The second-order valence-corrected chi connectivity index (χ2v) is 18.1. The SMILES string of the molecule is CCc1ccc2oc(-c3ccc(-c4ccc(F)nc4)c(C)c3)nc2c1.COC(=O)c1ccc2oc(-c3ccc(-c4ccc(F)nc4)c(C)c3)nc2c1.Cc1ccc2oc(-c3ccc(-c4ccc(F)nc4)c(C)c3)nc2c1. The summed E-state index contributed by atoms with van der Waals surface area (Å²) in [5.41, 5.74) is 18.6. The Kier molecular flexibility index (Phi) is 14.1. The molecule has 0 bridgehead atoms. The highest BCUT2D eigenvalue weighted by Crippen LogP contribution is 2.34. The summed E-state index contributed by atoms with van der Waals surface area (Å²) in [6.07, 6.45) is 5.56. The summed E-state index contributed by atoms with van der Waals surface area (Å²) in [5.74, 6) is -0.220. The molecule has 0 aliphatic rings. The van der Waals surface area contributed by atoms with E-state index >= 15 is 0 Å². The highest BCUT2D eigenvalue weighted by molar-refractivity contribution is 5.93. The molecule has 0 radical (unpaired) electrons. The van der Waals surface area contributed by atoms with Gasteiger partial charge in [-0.2, -0.15) is 13.2 Å². The molecule has 0 saturated carbocycles. The number of methoxy groups -OCH3 is 1. The first kappa shape index (κ1) is 50.0. The van der Waals surface area contributed by atoms with Gasteiger partial charge in [-0.05, 0) is 194 Å². The normalized spacial score (nSPS) is 11.1. The lowest BCUT2D eigenvalue weighted by molar-refractivity contribution is 0.0601. The molecule has 0 atom stereocenters. The molecule has 6 heterocycles. The average molecular weight is 1010 g/mol. The smallest absolute Gasteiger partial charge is 0.337 e. The summed E-state index contributed by atoms with van der Waals surface area (Å²) in [5, 5.41) is 0. The monoisotopic (exact) mass is 1010 g/mol. The zero-order valence-electron chi connectivity index (χ0n) is 42.2. The summed E-state index contributed by atoms with van der Waals surface area (Å²) < 4.78 is 61.3. The molecule has 0 aliphatic heterocycles. The largest absolute Gasteiger partial charge is 0.465 e. The second-order valence-electron chi connectivity index (χ2n) is 18.1. The van der Waals surface area contributed by atoms with Gasteiger partial charge in [0.2, 0.25) is 35.5 Å². The van der Waals surface area contributed by atoms with Gasteiger partial charge in [-0.15, -0.1) is 0 Å². The Hall–Kier alpha value is -9.56. The maximum absolute atomic E-state index is 13.0. The Morgan fingerprint density at radius 3 is 1.21 bits per heavy atom. The first-order valence-corrected chi connectivity index (χ1v) is 24.2.